The number of Topliss-reactive ketones (excluding diaryl/α,β-unsaturated/α-hetero) is 1. The molecule has 6 nitrogen and oxygen atoms in total. The third-order valence-corrected chi connectivity index (χ3v) is 7.25. The maximum Gasteiger partial charge on any atom is 0.235 e. The van der Waals surface area contributed by atoms with Gasteiger partial charge in [-0.2, -0.15) is 5.10 Å². The molecule has 0 aromatic heterocycles. The fourth-order valence-electron chi connectivity index (χ4n) is 5.67. The Balaban J connectivity index is 1.41. The SMILES string of the molecule is CCN1C(=O)[C@@H]2[C@@H](C1=O)[C@H]1c3ccccc3C=NN1[C@@H]2C(=O)c1ccc(-c2ccccc2)cc1. The lowest BCUT2D eigenvalue weighted by molar-refractivity contribution is -0.141. The first-order chi connectivity index (χ1) is 16.6. The third kappa shape index (κ3) is 2.88. The summed E-state index contributed by atoms with van der Waals surface area (Å²) in [6.07, 6.45) is 1.72. The van der Waals surface area contributed by atoms with Crippen molar-refractivity contribution in [2.24, 2.45) is 16.9 Å². The van der Waals surface area contributed by atoms with Crippen LogP contribution in [0.4, 0.5) is 0 Å². The molecule has 4 atom stereocenters. The number of fused-ring (bicyclic) bond motifs is 5. The molecule has 2 amide bonds. The first-order valence-electron chi connectivity index (χ1n) is 11.6. The minimum atomic E-state index is -0.824. The molecule has 34 heavy (non-hydrogen) atoms. The van der Waals surface area contributed by atoms with Gasteiger partial charge in [-0.3, -0.25) is 24.3 Å². The number of carbonyl (C=O) groups excluding carboxylic acids is 3. The van der Waals surface area contributed by atoms with Crippen LogP contribution in [0.5, 0.6) is 0 Å². The molecular weight excluding hydrogens is 426 g/mol. The van der Waals surface area contributed by atoms with E-state index in [1.807, 2.05) is 66.7 Å². The third-order valence-electron chi connectivity index (χ3n) is 7.25. The number of imide groups is 1. The van der Waals surface area contributed by atoms with Gasteiger partial charge >= 0.3 is 0 Å². The molecule has 3 aromatic carbocycles. The lowest BCUT2D eigenvalue weighted by Gasteiger charge is -2.33. The minimum absolute atomic E-state index is 0.187. The number of rotatable bonds is 4. The number of likely N-dealkylation sites (tertiary alicyclic amines) is 1. The topological polar surface area (TPSA) is 70.1 Å². The standard InChI is InChI=1S/C28H23N3O3/c1-2-30-27(33)22-23(28(30)34)25(31-24(22)21-11-7-6-10-20(21)16-29-31)26(32)19-14-12-18(13-15-19)17-8-4-3-5-9-17/h3-16,22-25H,2H2,1H3/t22-,23-,24-,25+/m1/s1. The second kappa shape index (κ2) is 7.76. The highest BCUT2D eigenvalue weighted by atomic mass is 16.2. The van der Waals surface area contributed by atoms with E-state index in [1.54, 1.807) is 30.3 Å². The van der Waals surface area contributed by atoms with Gasteiger partial charge in [0.15, 0.2) is 5.78 Å². The van der Waals surface area contributed by atoms with Gasteiger partial charge < -0.3 is 0 Å². The summed E-state index contributed by atoms with van der Waals surface area (Å²) in [7, 11) is 0. The second-order valence-corrected chi connectivity index (χ2v) is 8.92. The van der Waals surface area contributed by atoms with Crippen LogP contribution in [-0.2, 0) is 9.59 Å². The van der Waals surface area contributed by atoms with Crippen molar-refractivity contribution in [3.8, 4) is 11.1 Å². The van der Waals surface area contributed by atoms with Crippen LogP contribution in [0.15, 0.2) is 84.0 Å². The molecule has 0 N–H and O–H groups in total. The summed E-state index contributed by atoms with van der Waals surface area (Å²) in [6.45, 7) is 2.09. The van der Waals surface area contributed by atoms with Gasteiger partial charge in [0.25, 0.3) is 0 Å². The Kier molecular flexibility index (Phi) is 4.69. The number of hydrogen-bond donors (Lipinski definition) is 0. The number of benzene rings is 3. The van der Waals surface area contributed by atoms with Gasteiger partial charge in [0.1, 0.15) is 6.04 Å². The van der Waals surface area contributed by atoms with Crippen molar-refractivity contribution in [1.82, 2.24) is 9.91 Å². The predicted octanol–water partition coefficient (Wildman–Crippen LogP) is 3.93. The number of hydrazone groups is 1. The monoisotopic (exact) mass is 449 g/mol. The molecule has 3 aliphatic heterocycles. The molecule has 0 bridgehead atoms. The van der Waals surface area contributed by atoms with E-state index in [-0.39, 0.29) is 17.6 Å². The number of amides is 2. The highest BCUT2D eigenvalue weighted by molar-refractivity contribution is 6.12. The van der Waals surface area contributed by atoms with Crippen molar-refractivity contribution in [1.29, 1.82) is 0 Å². The summed E-state index contributed by atoms with van der Waals surface area (Å²) in [6, 6.07) is 23.9. The maximum atomic E-state index is 13.9. The molecule has 0 unspecified atom stereocenters. The number of nitrogens with zero attached hydrogens (tertiary/aromatic N) is 3. The van der Waals surface area contributed by atoms with Gasteiger partial charge in [-0.1, -0.05) is 78.9 Å². The number of ketones is 1. The molecule has 0 spiro atoms. The zero-order valence-corrected chi connectivity index (χ0v) is 18.7. The van der Waals surface area contributed by atoms with Crippen molar-refractivity contribution in [2.45, 2.75) is 19.0 Å². The van der Waals surface area contributed by atoms with Gasteiger partial charge in [0.2, 0.25) is 11.8 Å². The molecular formula is C28H23N3O3. The van der Waals surface area contributed by atoms with Crippen molar-refractivity contribution in [3.63, 3.8) is 0 Å². The van der Waals surface area contributed by atoms with Crippen LogP contribution in [-0.4, -0.2) is 46.3 Å². The summed E-state index contributed by atoms with van der Waals surface area (Å²) in [5.74, 6) is -2.05. The average Bonchev–Trinajstić information content (AvgIpc) is 3.36. The summed E-state index contributed by atoms with van der Waals surface area (Å²) in [5, 5.41) is 6.30. The Morgan fingerprint density at radius 3 is 2.21 bits per heavy atom. The van der Waals surface area contributed by atoms with E-state index in [4.69, 9.17) is 0 Å². The van der Waals surface area contributed by atoms with Crippen LogP contribution < -0.4 is 0 Å². The molecule has 3 aliphatic rings. The zero-order chi connectivity index (χ0) is 23.4. The van der Waals surface area contributed by atoms with Crippen molar-refractivity contribution >= 4 is 23.8 Å². The largest absolute Gasteiger partial charge is 0.292 e. The van der Waals surface area contributed by atoms with E-state index in [2.05, 4.69) is 5.10 Å². The summed E-state index contributed by atoms with van der Waals surface area (Å²) in [5.41, 5.74) is 4.43. The van der Waals surface area contributed by atoms with Crippen LogP contribution >= 0.6 is 0 Å². The van der Waals surface area contributed by atoms with Gasteiger partial charge in [0.05, 0.1) is 24.1 Å². The van der Waals surface area contributed by atoms with E-state index >= 15 is 0 Å². The molecule has 2 fully saturated rings. The zero-order valence-electron chi connectivity index (χ0n) is 18.7. The first kappa shape index (κ1) is 20.5. The summed E-state index contributed by atoms with van der Waals surface area (Å²) < 4.78 is 0. The van der Waals surface area contributed by atoms with Crippen molar-refractivity contribution < 1.29 is 14.4 Å². The quantitative estimate of drug-likeness (QED) is 0.447. The van der Waals surface area contributed by atoms with Crippen LogP contribution in [0.25, 0.3) is 11.1 Å². The van der Waals surface area contributed by atoms with E-state index in [0.717, 1.165) is 22.3 Å². The minimum Gasteiger partial charge on any atom is -0.292 e. The Hall–Kier alpha value is -4.06. The molecule has 3 aromatic rings. The highest BCUT2D eigenvalue weighted by Crippen LogP contribution is 2.52. The molecule has 6 heteroatoms. The Labute approximate surface area is 197 Å². The molecule has 168 valence electrons. The molecule has 3 heterocycles. The van der Waals surface area contributed by atoms with Gasteiger partial charge in [-0.05, 0) is 29.2 Å². The van der Waals surface area contributed by atoms with E-state index in [0.29, 0.717) is 12.1 Å². The fraction of sp³-hybridized carbons (Fsp3) is 0.214. The summed E-state index contributed by atoms with van der Waals surface area (Å²) >= 11 is 0. The lowest BCUT2D eigenvalue weighted by atomic mass is 9.83. The molecule has 0 aliphatic carbocycles. The van der Waals surface area contributed by atoms with Gasteiger partial charge in [-0.15, -0.1) is 0 Å². The highest BCUT2D eigenvalue weighted by Gasteiger charge is 2.64. The fourth-order valence-corrected chi connectivity index (χ4v) is 5.67. The molecule has 2 saturated heterocycles. The lowest BCUT2D eigenvalue weighted by Crippen LogP contribution is -2.44. The van der Waals surface area contributed by atoms with Crippen LogP contribution in [0.1, 0.15) is 34.5 Å². The normalized spacial score (nSPS) is 24.7. The number of carbonyl (C=O) groups is 3. The van der Waals surface area contributed by atoms with E-state index in [9.17, 15) is 14.4 Å². The van der Waals surface area contributed by atoms with Gasteiger partial charge in [-0.25, -0.2) is 0 Å². The summed E-state index contributed by atoms with van der Waals surface area (Å²) in [4.78, 5) is 41.8. The average molecular weight is 450 g/mol. The maximum absolute atomic E-state index is 13.9. The predicted molar refractivity (Wildman–Crippen MR) is 128 cm³/mol. The Morgan fingerprint density at radius 1 is 0.824 bits per heavy atom. The van der Waals surface area contributed by atoms with E-state index in [1.165, 1.54) is 4.90 Å². The van der Waals surface area contributed by atoms with Crippen LogP contribution in [0.3, 0.4) is 0 Å². The van der Waals surface area contributed by atoms with Gasteiger partial charge in [0, 0.05) is 12.1 Å². The molecule has 6 rings (SSSR count). The van der Waals surface area contributed by atoms with Crippen molar-refractivity contribution in [2.75, 3.05) is 6.54 Å². The second-order valence-electron chi connectivity index (χ2n) is 8.92. The van der Waals surface area contributed by atoms with Crippen LogP contribution in [0.2, 0.25) is 0 Å². The van der Waals surface area contributed by atoms with Crippen molar-refractivity contribution in [3.05, 3.63) is 95.6 Å². The van der Waals surface area contributed by atoms with E-state index < -0.39 is 23.9 Å². The smallest absolute Gasteiger partial charge is 0.235 e. The molecule has 0 radical (unpaired) electrons. The first-order valence-corrected chi connectivity index (χ1v) is 11.6. The number of hydrogen-bond acceptors (Lipinski definition) is 5. The Bertz CT molecular complexity index is 1330. The van der Waals surface area contributed by atoms with Crippen LogP contribution in [0, 0.1) is 11.8 Å². The Morgan fingerprint density at radius 2 is 1.47 bits per heavy atom. The molecule has 0 saturated carbocycles.